The second-order valence-electron chi connectivity index (χ2n) is 4.06. The van der Waals surface area contributed by atoms with Gasteiger partial charge < -0.3 is 9.84 Å². The fourth-order valence-electron chi connectivity index (χ4n) is 1.73. The summed E-state index contributed by atoms with van der Waals surface area (Å²) in [6.45, 7) is 5.43. The maximum Gasteiger partial charge on any atom is 0.339 e. The van der Waals surface area contributed by atoms with Crippen LogP contribution in [0.5, 0.6) is 5.75 Å². The molecule has 0 radical (unpaired) electrons. The summed E-state index contributed by atoms with van der Waals surface area (Å²) in [4.78, 5) is 11.2. The molecule has 0 aliphatic rings. The van der Waals surface area contributed by atoms with Gasteiger partial charge in [-0.1, -0.05) is 36.9 Å². The minimum absolute atomic E-state index is 0.169. The van der Waals surface area contributed by atoms with E-state index in [0.29, 0.717) is 5.75 Å². The van der Waals surface area contributed by atoms with Crippen molar-refractivity contribution in [1.82, 2.24) is 0 Å². The molecular formula is C15H14O3. The largest absolute Gasteiger partial charge is 0.486 e. The van der Waals surface area contributed by atoms with Gasteiger partial charge in [0, 0.05) is 0 Å². The average molecular weight is 242 g/mol. The van der Waals surface area contributed by atoms with Crippen LogP contribution in [-0.4, -0.2) is 17.2 Å². The molecule has 3 heteroatoms. The van der Waals surface area contributed by atoms with Gasteiger partial charge in [0.25, 0.3) is 0 Å². The van der Waals surface area contributed by atoms with Crippen LogP contribution in [0.25, 0.3) is 10.8 Å². The Labute approximate surface area is 105 Å². The van der Waals surface area contributed by atoms with Crippen LogP contribution < -0.4 is 4.74 Å². The molecule has 1 N–H and O–H groups in total. The van der Waals surface area contributed by atoms with Crippen LogP contribution in [0.1, 0.15) is 17.3 Å². The van der Waals surface area contributed by atoms with E-state index in [4.69, 9.17) is 4.74 Å². The molecule has 0 aliphatic heterocycles. The molecule has 2 aromatic carbocycles. The first kappa shape index (κ1) is 12.2. The fourth-order valence-corrected chi connectivity index (χ4v) is 1.73. The minimum Gasteiger partial charge on any atom is -0.486 e. The molecule has 0 amide bonds. The second kappa shape index (κ2) is 4.92. The number of rotatable bonds is 4. The molecule has 92 valence electrons. The Morgan fingerprint density at radius 1 is 1.33 bits per heavy atom. The topological polar surface area (TPSA) is 46.5 Å². The van der Waals surface area contributed by atoms with Crippen molar-refractivity contribution >= 4 is 16.7 Å². The van der Waals surface area contributed by atoms with E-state index in [1.54, 1.807) is 18.2 Å². The lowest BCUT2D eigenvalue weighted by atomic mass is 10.1. The third-order valence-electron chi connectivity index (χ3n) is 2.72. The van der Waals surface area contributed by atoms with Crippen molar-refractivity contribution < 1.29 is 14.6 Å². The normalized spacial score (nSPS) is 12.1. The molecule has 0 bridgehead atoms. The smallest absolute Gasteiger partial charge is 0.339 e. The number of carboxylic acids is 1. The van der Waals surface area contributed by atoms with Crippen molar-refractivity contribution in [2.45, 2.75) is 13.0 Å². The van der Waals surface area contributed by atoms with Crippen molar-refractivity contribution in [2.75, 3.05) is 0 Å². The molecule has 0 fully saturated rings. The molecule has 0 aliphatic carbocycles. The lowest BCUT2D eigenvalue weighted by Crippen LogP contribution is -2.11. The summed E-state index contributed by atoms with van der Waals surface area (Å²) in [7, 11) is 0. The molecule has 0 heterocycles. The molecule has 0 saturated carbocycles. The highest BCUT2D eigenvalue weighted by atomic mass is 16.5. The van der Waals surface area contributed by atoms with Gasteiger partial charge in [-0.15, -0.1) is 0 Å². The van der Waals surface area contributed by atoms with Crippen molar-refractivity contribution in [2.24, 2.45) is 0 Å². The fraction of sp³-hybridized carbons (Fsp3) is 0.133. The van der Waals surface area contributed by atoms with Crippen molar-refractivity contribution in [1.29, 1.82) is 0 Å². The number of carbonyl (C=O) groups is 1. The van der Waals surface area contributed by atoms with E-state index in [-0.39, 0.29) is 11.7 Å². The van der Waals surface area contributed by atoms with Gasteiger partial charge in [-0.05, 0) is 29.8 Å². The molecular weight excluding hydrogens is 228 g/mol. The monoisotopic (exact) mass is 242 g/mol. The van der Waals surface area contributed by atoms with Gasteiger partial charge in [-0.3, -0.25) is 0 Å². The highest BCUT2D eigenvalue weighted by Gasteiger charge is 2.14. The standard InChI is InChI=1S/C15H14O3/c1-3-10(2)18-14-9-12-7-5-4-6-11(12)8-13(14)15(16)17/h3-10H,1H2,2H3,(H,16,17). The first-order valence-corrected chi connectivity index (χ1v) is 5.67. The maximum absolute atomic E-state index is 11.2. The minimum atomic E-state index is -0.994. The van der Waals surface area contributed by atoms with Gasteiger partial charge in [-0.2, -0.15) is 0 Å². The van der Waals surface area contributed by atoms with E-state index >= 15 is 0 Å². The number of benzene rings is 2. The third kappa shape index (κ3) is 2.35. The third-order valence-corrected chi connectivity index (χ3v) is 2.72. The summed E-state index contributed by atoms with van der Waals surface area (Å²) < 4.78 is 5.57. The van der Waals surface area contributed by atoms with Crippen LogP contribution in [0.4, 0.5) is 0 Å². The Morgan fingerprint density at radius 2 is 1.94 bits per heavy atom. The maximum atomic E-state index is 11.2. The Balaban J connectivity index is 2.57. The molecule has 18 heavy (non-hydrogen) atoms. The summed E-state index contributed by atoms with van der Waals surface area (Å²) in [5.74, 6) is -0.624. The highest BCUT2D eigenvalue weighted by molar-refractivity contribution is 5.97. The van der Waals surface area contributed by atoms with Gasteiger partial charge >= 0.3 is 5.97 Å². The lowest BCUT2D eigenvalue weighted by molar-refractivity contribution is 0.0691. The van der Waals surface area contributed by atoms with Gasteiger partial charge in [-0.25, -0.2) is 4.79 Å². The van der Waals surface area contributed by atoms with Crippen LogP contribution in [0.2, 0.25) is 0 Å². The number of hydrogen-bond acceptors (Lipinski definition) is 2. The van der Waals surface area contributed by atoms with Crippen LogP contribution >= 0.6 is 0 Å². The van der Waals surface area contributed by atoms with E-state index < -0.39 is 5.97 Å². The molecule has 2 rings (SSSR count). The van der Waals surface area contributed by atoms with Gasteiger partial charge in [0.1, 0.15) is 17.4 Å². The quantitative estimate of drug-likeness (QED) is 0.835. The van der Waals surface area contributed by atoms with E-state index in [2.05, 4.69) is 6.58 Å². The van der Waals surface area contributed by atoms with Crippen molar-refractivity contribution in [3.63, 3.8) is 0 Å². The summed E-state index contributed by atoms with van der Waals surface area (Å²) >= 11 is 0. The van der Waals surface area contributed by atoms with Crippen LogP contribution in [0.3, 0.4) is 0 Å². The highest BCUT2D eigenvalue weighted by Crippen LogP contribution is 2.27. The molecule has 0 aromatic heterocycles. The van der Waals surface area contributed by atoms with Crippen LogP contribution in [-0.2, 0) is 0 Å². The Bertz CT molecular complexity index is 602. The Kier molecular flexibility index (Phi) is 3.33. The number of aromatic carboxylic acids is 1. The van der Waals surface area contributed by atoms with Crippen LogP contribution in [0, 0.1) is 0 Å². The number of fused-ring (bicyclic) bond motifs is 1. The first-order valence-electron chi connectivity index (χ1n) is 5.67. The molecule has 0 saturated heterocycles. The number of carboxylic acid groups (broad SMARTS) is 1. The molecule has 3 nitrogen and oxygen atoms in total. The number of ether oxygens (including phenoxy) is 1. The molecule has 2 aromatic rings. The average Bonchev–Trinajstić information content (AvgIpc) is 2.37. The summed E-state index contributed by atoms with van der Waals surface area (Å²) in [6, 6.07) is 11.0. The summed E-state index contributed by atoms with van der Waals surface area (Å²) in [5, 5.41) is 11.0. The zero-order valence-electron chi connectivity index (χ0n) is 10.1. The Morgan fingerprint density at radius 3 is 2.50 bits per heavy atom. The van der Waals surface area contributed by atoms with Gasteiger partial charge in [0.05, 0.1) is 0 Å². The molecule has 1 atom stereocenters. The summed E-state index contributed by atoms with van der Waals surface area (Å²) in [6.07, 6.45) is 1.39. The van der Waals surface area contributed by atoms with E-state index in [9.17, 15) is 9.90 Å². The Hall–Kier alpha value is -2.29. The zero-order valence-corrected chi connectivity index (χ0v) is 10.1. The predicted molar refractivity (Wildman–Crippen MR) is 71.2 cm³/mol. The second-order valence-corrected chi connectivity index (χ2v) is 4.06. The first-order chi connectivity index (χ1) is 8.61. The van der Waals surface area contributed by atoms with E-state index in [1.165, 1.54) is 0 Å². The molecule has 1 unspecified atom stereocenters. The SMILES string of the molecule is C=CC(C)Oc1cc2ccccc2cc1C(=O)O. The predicted octanol–water partition coefficient (Wildman–Crippen LogP) is 3.49. The van der Waals surface area contributed by atoms with Gasteiger partial charge in [0.2, 0.25) is 0 Å². The van der Waals surface area contributed by atoms with Crippen molar-refractivity contribution in [3.05, 3.63) is 54.6 Å². The van der Waals surface area contributed by atoms with Crippen LogP contribution in [0.15, 0.2) is 49.1 Å². The zero-order chi connectivity index (χ0) is 13.1. The van der Waals surface area contributed by atoms with E-state index in [1.807, 2.05) is 31.2 Å². The molecule has 0 spiro atoms. The lowest BCUT2D eigenvalue weighted by Gasteiger charge is -2.14. The van der Waals surface area contributed by atoms with Gasteiger partial charge in [0.15, 0.2) is 0 Å². The van der Waals surface area contributed by atoms with Crippen molar-refractivity contribution in [3.8, 4) is 5.75 Å². The van der Waals surface area contributed by atoms with E-state index in [0.717, 1.165) is 10.8 Å². The number of hydrogen-bond donors (Lipinski definition) is 1. The summed E-state index contributed by atoms with van der Waals surface area (Å²) in [5.41, 5.74) is 0.169.